The summed E-state index contributed by atoms with van der Waals surface area (Å²) in [5.41, 5.74) is 3.68. The molecule has 5 nitrogen and oxygen atoms in total. The molecule has 1 aliphatic rings. The first-order chi connectivity index (χ1) is 15.7. The first kappa shape index (κ1) is 25.8. The molecule has 1 fully saturated rings. The number of carbonyl (C=O) groups is 1. The number of hydrogen-bond acceptors (Lipinski definition) is 3. The van der Waals surface area contributed by atoms with Crippen LogP contribution in [0.25, 0.3) is 0 Å². The summed E-state index contributed by atoms with van der Waals surface area (Å²) in [5, 5.41) is 3.12. The summed E-state index contributed by atoms with van der Waals surface area (Å²) in [4.78, 5) is 15.6. The zero-order valence-corrected chi connectivity index (χ0v) is 18.3. The average molecular weight is 492 g/mol. The first-order valence-corrected chi connectivity index (χ1v) is 10.3. The molecule has 1 heterocycles. The van der Waals surface area contributed by atoms with Crippen LogP contribution in [0.15, 0.2) is 36.4 Å². The van der Waals surface area contributed by atoms with E-state index < -0.39 is 53.1 Å². The van der Waals surface area contributed by atoms with Gasteiger partial charge in [0.05, 0.1) is 17.2 Å². The topological polar surface area (TPSA) is 61.6 Å². The second-order valence-electron chi connectivity index (χ2n) is 8.09. The van der Waals surface area contributed by atoms with Crippen LogP contribution < -0.4 is 11.1 Å². The highest BCUT2D eigenvalue weighted by Gasteiger charge is 2.38. The number of piperazine rings is 1. The van der Waals surface area contributed by atoms with Crippen molar-refractivity contribution in [1.29, 1.82) is 0 Å². The van der Waals surface area contributed by atoms with Crippen molar-refractivity contribution in [3.63, 3.8) is 0 Å². The first-order valence-electron chi connectivity index (χ1n) is 10.3. The Bertz CT molecular complexity index is 1020. The van der Waals surface area contributed by atoms with E-state index in [2.05, 4.69) is 5.32 Å². The number of nitrogens with one attached hydrogen (secondary N) is 1. The largest absolute Gasteiger partial charge is 0.416 e. The van der Waals surface area contributed by atoms with Crippen molar-refractivity contribution in [1.82, 2.24) is 15.1 Å². The van der Waals surface area contributed by atoms with Gasteiger partial charge in [0.1, 0.15) is 12.0 Å². The van der Waals surface area contributed by atoms with Gasteiger partial charge in [-0.3, -0.25) is 0 Å². The predicted molar refractivity (Wildman–Crippen MR) is 110 cm³/mol. The number of nitrogens with two attached hydrogens (primary N) is 1. The number of nitrogens with zero attached hydrogens (tertiary/aromatic N) is 2. The summed E-state index contributed by atoms with van der Waals surface area (Å²) >= 11 is 0. The molecule has 3 N–H and O–H groups in total. The van der Waals surface area contributed by atoms with Crippen molar-refractivity contribution in [2.75, 3.05) is 26.7 Å². The highest BCUT2D eigenvalue weighted by Crippen LogP contribution is 2.38. The zero-order valence-electron chi connectivity index (χ0n) is 18.3. The minimum Gasteiger partial charge on any atom is -0.315 e. The van der Waals surface area contributed by atoms with Crippen molar-refractivity contribution in [2.24, 2.45) is 5.73 Å². The Morgan fingerprint density at radius 1 is 1.09 bits per heavy atom. The number of halogens is 7. The van der Waals surface area contributed by atoms with E-state index in [9.17, 15) is 35.5 Å². The van der Waals surface area contributed by atoms with Gasteiger partial charge < -0.3 is 20.9 Å². The molecule has 2 amide bonds. The summed E-state index contributed by atoms with van der Waals surface area (Å²) in [7, 11) is 1.21. The molecular weight excluding hydrogens is 469 g/mol. The van der Waals surface area contributed by atoms with E-state index in [0.29, 0.717) is 36.3 Å². The maximum absolute atomic E-state index is 13.5. The average Bonchev–Trinajstić information content (AvgIpc) is 2.76. The van der Waals surface area contributed by atoms with Crippen LogP contribution in [0.4, 0.5) is 35.5 Å². The van der Waals surface area contributed by atoms with Crippen LogP contribution in [0.1, 0.15) is 40.0 Å². The van der Waals surface area contributed by atoms with Gasteiger partial charge in [-0.2, -0.15) is 26.3 Å². The van der Waals surface area contributed by atoms with Crippen molar-refractivity contribution in [2.45, 2.75) is 31.5 Å². The van der Waals surface area contributed by atoms with E-state index in [4.69, 9.17) is 5.73 Å². The fourth-order valence-corrected chi connectivity index (χ4v) is 3.92. The molecule has 0 spiro atoms. The van der Waals surface area contributed by atoms with E-state index in [1.54, 1.807) is 6.92 Å². The number of alkyl halides is 6. The molecule has 3 rings (SSSR count). The van der Waals surface area contributed by atoms with Crippen LogP contribution in [-0.2, 0) is 12.4 Å². The fourth-order valence-electron chi connectivity index (χ4n) is 3.92. The van der Waals surface area contributed by atoms with E-state index >= 15 is 0 Å². The summed E-state index contributed by atoms with van der Waals surface area (Å²) in [6.45, 7) is 2.61. The summed E-state index contributed by atoms with van der Waals surface area (Å²) < 4.78 is 92.9. The number of benzene rings is 2. The molecule has 2 atom stereocenters. The molecule has 1 saturated heterocycles. The van der Waals surface area contributed by atoms with Gasteiger partial charge in [-0.05, 0) is 53.9 Å². The zero-order chi connectivity index (χ0) is 25.4. The summed E-state index contributed by atoms with van der Waals surface area (Å²) in [5.74, 6) is -0.452. The van der Waals surface area contributed by atoms with Gasteiger partial charge in [-0.1, -0.05) is 6.07 Å². The molecule has 186 valence electrons. The van der Waals surface area contributed by atoms with Crippen molar-refractivity contribution >= 4 is 6.03 Å². The Morgan fingerprint density at radius 3 is 2.21 bits per heavy atom. The van der Waals surface area contributed by atoms with Gasteiger partial charge in [-0.25, -0.2) is 9.18 Å². The van der Waals surface area contributed by atoms with Crippen LogP contribution in [0.5, 0.6) is 0 Å². The summed E-state index contributed by atoms with van der Waals surface area (Å²) in [6, 6.07) is 3.87. The molecule has 1 aliphatic heterocycles. The van der Waals surface area contributed by atoms with E-state index in [1.807, 2.05) is 0 Å². The number of carbonyl (C=O) groups excluding carboxylic acids is 1. The monoisotopic (exact) mass is 492 g/mol. The summed E-state index contributed by atoms with van der Waals surface area (Å²) in [6.07, 6.45) is -11.7. The molecule has 0 saturated carbocycles. The van der Waals surface area contributed by atoms with Gasteiger partial charge >= 0.3 is 18.4 Å². The number of rotatable bonds is 3. The van der Waals surface area contributed by atoms with Crippen LogP contribution in [0.2, 0.25) is 0 Å². The number of urea groups is 1. The van der Waals surface area contributed by atoms with Crippen LogP contribution in [0, 0.1) is 12.7 Å². The Labute approximate surface area is 191 Å². The molecule has 12 heteroatoms. The molecule has 0 bridgehead atoms. The smallest absolute Gasteiger partial charge is 0.315 e. The highest BCUT2D eigenvalue weighted by atomic mass is 19.4. The quantitative estimate of drug-likeness (QED) is 0.477. The highest BCUT2D eigenvalue weighted by molar-refractivity contribution is 5.75. The molecule has 34 heavy (non-hydrogen) atoms. The predicted octanol–water partition coefficient (Wildman–Crippen LogP) is 4.83. The van der Waals surface area contributed by atoms with Crippen molar-refractivity contribution in [3.05, 3.63) is 70.0 Å². The third kappa shape index (κ3) is 5.44. The van der Waals surface area contributed by atoms with Crippen LogP contribution in [-0.4, -0.2) is 42.5 Å². The van der Waals surface area contributed by atoms with Gasteiger partial charge in [-0.15, -0.1) is 0 Å². The van der Waals surface area contributed by atoms with Gasteiger partial charge in [0.15, 0.2) is 0 Å². The van der Waals surface area contributed by atoms with E-state index in [1.165, 1.54) is 30.1 Å². The maximum Gasteiger partial charge on any atom is 0.416 e. The number of amides is 2. The lowest BCUT2D eigenvalue weighted by molar-refractivity contribution is -0.143. The Morgan fingerprint density at radius 2 is 1.68 bits per heavy atom. The van der Waals surface area contributed by atoms with Gasteiger partial charge in [0.25, 0.3) is 0 Å². The van der Waals surface area contributed by atoms with Crippen molar-refractivity contribution in [3.8, 4) is 0 Å². The minimum atomic E-state index is -5.04. The lowest BCUT2D eigenvalue weighted by Crippen LogP contribution is -2.54. The molecule has 0 radical (unpaired) electrons. The molecular formula is C22H23F7N4O. The van der Waals surface area contributed by atoms with Crippen LogP contribution in [0.3, 0.4) is 0 Å². The third-order valence-corrected chi connectivity index (χ3v) is 5.75. The second-order valence-corrected chi connectivity index (χ2v) is 8.09. The Balaban J connectivity index is 1.94. The molecule has 0 aromatic heterocycles. The number of aryl methyl sites for hydroxylation is 1. The van der Waals surface area contributed by atoms with Gasteiger partial charge in [0, 0.05) is 26.7 Å². The molecule has 0 aliphatic carbocycles. The van der Waals surface area contributed by atoms with Crippen LogP contribution >= 0.6 is 0 Å². The SMILES string of the molecule is Cc1cc(F)ccc1[C@H]1CNCCN1C(=O)N(C)[C@H](N)c1cc(C(F)(F)F)cc(C(F)(F)F)c1. The Kier molecular flexibility index (Phi) is 7.13. The maximum atomic E-state index is 13.5. The second kappa shape index (κ2) is 9.41. The Hall–Kier alpha value is -2.86. The third-order valence-electron chi connectivity index (χ3n) is 5.75. The van der Waals surface area contributed by atoms with Crippen molar-refractivity contribution < 1.29 is 35.5 Å². The molecule has 2 aromatic carbocycles. The van der Waals surface area contributed by atoms with E-state index in [0.717, 1.165) is 4.90 Å². The van der Waals surface area contributed by atoms with E-state index in [-0.39, 0.29) is 12.6 Å². The fraction of sp³-hybridized carbons (Fsp3) is 0.409. The lowest BCUT2D eigenvalue weighted by atomic mass is 9.98. The van der Waals surface area contributed by atoms with Gasteiger partial charge in [0.2, 0.25) is 0 Å². The molecule has 2 aromatic rings. The normalized spacial score (nSPS) is 18.1. The standard InChI is InChI=1S/C22H23F7N4O/c1-12-7-16(23)3-4-17(12)18-11-31-5-6-33(18)20(34)32(2)19(30)13-8-14(21(24,25)26)10-15(9-13)22(27,28)29/h3-4,7-10,18-19,31H,5-6,11,30H2,1-2H3/t18-,19+/m1/s1. The molecule has 0 unspecified atom stereocenters. The lowest BCUT2D eigenvalue weighted by Gasteiger charge is -2.40. The number of hydrogen-bond donors (Lipinski definition) is 2. The minimum absolute atomic E-state index is 0.00167.